The number of carboxylic acid groups (broad SMARTS) is 1. The quantitative estimate of drug-likeness (QED) is 0.171. The molecule has 2 N–H and O–H groups in total. The monoisotopic (exact) mass is 590 g/mol. The van der Waals surface area contributed by atoms with E-state index in [1.165, 1.54) is 10.4 Å². The summed E-state index contributed by atoms with van der Waals surface area (Å²) >= 11 is 0. The number of hydrogen-bond acceptors (Lipinski definition) is 5. The van der Waals surface area contributed by atoms with Gasteiger partial charge < -0.3 is 24.1 Å². The zero-order valence-corrected chi connectivity index (χ0v) is 26.7. The Labute approximate surface area is 252 Å². The van der Waals surface area contributed by atoms with E-state index >= 15 is 0 Å². The molecule has 7 heteroatoms. The van der Waals surface area contributed by atoms with E-state index in [4.69, 9.17) is 13.9 Å². The van der Waals surface area contributed by atoms with E-state index < -0.39 is 26.5 Å². The molecule has 0 heterocycles. The number of aliphatic hydroxyl groups excluding tert-OH is 1. The van der Waals surface area contributed by atoms with Gasteiger partial charge >= 0.3 is 5.97 Å². The smallest absolute Gasteiger partial charge is 0.306 e. The van der Waals surface area contributed by atoms with Gasteiger partial charge in [0.2, 0.25) is 0 Å². The van der Waals surface area contributed by atoms with Crippen LogP contribution in [0.2, 0.25) is 5.04 Å². The summed E-state index contributed by atoms with van der Waals surface area (Å²) < 4.78 is 18.2. The molecule has 42 heavy (non-hydrogen) atoms. The van der Waals surface area contributed by atoms with E-state index in [-0.39, 0.29) is 29.9 Å². The SMILES string of the molecule is COc1ccc(CO[C@H](CC(=O)O)[C@@H](C)/C=C\[C@H](O)[C@H](C)CO[Si](c2ccccc2)(c2ccccc2)C(C)(C)C)cc1. The summed E-state index contributed by atoms with van der Waals surface area (Å²) in [5, 5.41) is 22.8. The van der Waals surface area contributed by atoms with Crippen molar-refractivity contribution in [1.82, 2.24) is 0 Å². The number of methoxy groups -OCH3 is 1. The minimum Gasteiger partial charge on any atom is -0.497 e. The summed E-state index contributed by atoms with van der Waals surface area (Å²) in [6, 6.07) is 28.4. The first kappa shape index (κ1) is 33.3. The molecule has 0 radical (unpaired) electrons. The van der Waals surface area contributed by atoms with Crippen LogP contribution in [-0.4, -0.2) is 50.4 Å². The highest BCUT2D eigenvalue weighted by atomic mass is 28.4. The van der Waals surface area contributed by atoms with Crippen molar-refractivity contribution >= 4 is 24.7 Å². The van der Waals surface area contributed by atoms with Gasteiger partial charge in [0.25, 0.3) is 8.32 Å². The fourth-order valence-electron chi connectivity index (χ4n) is 5.21. The summed E-state index contributed by atoms with van der Waals surface area (Å²) in [4.78, 5) is 11.6. The molecule has 0 amide bonds. The van der Waals surface area contributed by atoms with Crippen molar-refractivity contribution < 1.29 is 28.9 Å². The molecule has 0 saturated carbocycles. The van der Waals surface area contributed by atoms with E-state index in [9.17, 15) is 15.0 Å². The molecule has 3 aromatic rings. The Bertz CT molecular complexity index is 1210. The van der Waals surface area contributed by atoms with Gasteiger partial charge in [-0.1, -0.05) is 120 Å². The number of aliphatic carboxylic acids is 1. The topological polar surface area (TPSA) is 85.2 Å². The lowest BCUT2D eigenvalue weighted by Gasteiger charge is -2.43. The summed E-state index contributed by atoms with van der Waals surface area (Å²) in [6.45, 7) is 11.2. The van der Waals surface area contributed by atoms with Crippen molar-refractivity contribution in [3.05, 3.63) is 103 Å². The van der Waals surface area contributed by atoms with Crippen LogP contribution in [0.1, 0.15) is 46.6 Å². The van der Waals surface area contributed by atoms with Crippen LogP contribution in [0.3, 0.4) is 0 Å². The van der Waals surface area contributed by atoms with Crippen LogP contribution in [0.5, 0.6) is 5.75 Å². The molecule has 0 aliphatic carbocycles. The Morgan fingerprint density at radius 1 is 0.881 bits per heavy atom. The zero-order valence-electron chi connectivity index (χ0n) is 25.7. The van der Waals surface area contributed by atoms with Crippen molar-refractivity contribution in [2.45, 2.75) is 64.9 Å². The van der Waals surface area contributed by atoms with E-state index in [0.717, 1.165) is 11.3 Å². The maximum absolute atomic E-state index is 11.6. The molecule has 0 saturated heterocycles. The molecule has 226 valence electrons. The molecule has 3 rings (SSSR count). The maximum atomic E-state index is 11.6. The van der Waals surface area contributed by atoms with Gasteiger partial charge in [0, 0.05) is 18.4 Å². The average molecular weight is 591 g/mol. The Morgan fingerprint density at radius 3 is 1.90 bits per heavy atom. The minimum atomic E-state index is -2.72. The Hall–Kier alpha value is -3.23. The second-order valence-corrected chi connectivity index (χ2v) is 16.3. The second-order valence-electron chi connectivity index (χ2n) is 12.0. The molecule has 0 aliphatic heterocycles. The van der Waals surface area contributed by atoms with Gasteiger partial charge in [0.15, 0.2) is 0 Å². The molecule has 0 aromatic heterocycles. The first-order chi connectivity index (χ1) is 20.0. The molecule has 0 aliphatic rings. The summed E-state index contributed by atoms with van der Waals surface area (Å²) in [5.74, 6) is -0.589. The first-order valence-corrected chi connectivity index (χ1v) is 16.5. The third-order valence-corrected chi connectivity index (χ3v) is 12.8. The highest BCUT2D eigenvalue weighted by Gasteiger charge is 2.50. The summed E-state index contributed by atoms with van der Waals surface area (Å²) in [7, 11) is -1.11. The predicted octanol–water partition coefficient (Wildman–Crippen LogP) is 5.82. The van der Waals surface area contributed by atoms with Crippen LogP contribution in [0.25, 0.3) is 0 Å². The normalized spacial score (nSPS) is 15.2. The van der Waals surface area contributed by atoms with E-state index in [0.29, 0.717) is 6.61 Å². The van der Waals surface area contributed by atoms with E-state index in [1.807, 2.05) is 56.3 Å². The number of aliphatic hydroxyl groups is 1. The van der Waals surface area contributed by atoms with Gasteiger partial charge in [-0.3, -0.25) is 4.79 Å². The van der Waals surface area contributed by atoms with Crippen molar-refractivity contribution in [3.63, 3.8) is 0 Å². The van der Waals surface area contributed by atoms with Crippen molar-refractivity contribution in [2.75, 3.05) is 13.7 Å². The summed E-state index contributed by atoms with van der Waals surface area (Å²) in [5.41, 5.74) is 0.927. The standard InChI is InChI=1S/C35H46O6Si/c1-26(33(23-34(37)38)40-25-28-18-20-29(39-6)21-19-28)17-22-32(36)27(2)24-41-42(35(3,4)5,30-13-9-7-10-14-30)31-15-11-8-12-16-31/h7-22,26-27,32-33,36H,23-25H2,1-6H3,(H,37,38)/b22-17-/t26-,27+,32-,33+/m0/s1. The van der Waals surface area contributed by atoms with Crippen LogP contribution < -0.4 is 15.1 Å². The van der Waals surface area contributed by atoms with Crippen LogP contribution in [0.15, 0.2) is 97.1 Å². The zero-order chi connectivity index (χ0) is 30.8. The van der Waals surface area contributed by atoms with Crippen molar-refractivity contribution in [2.24, 2.45) is 11.8 Å². The van der Waals surface area contributed by atoms with Gasteiger partial charge in [-0.2, -0.15) is 0 Å². The maximum Gasteiger partial charge on any atom is 0.306 e. The van der Waals surface area contributed by atoms with Gasteiger partial charge in [0.05, 0.1) is 32.3 Å². The highest BCUT2D eigenvalue weighted by molar-refractivity contribution is 6.99. The molecular formula is C35H46O6Si. The average Bonchev–Trinajstić information content (AvgIpc) is 2.98. The van der Waals surface area contributed by atoms with Crippen LogP contribution in [-0.2, 0) is 20.6 Å². The lowest BCUT2D eigenvalue weighted by atomic mass is 9.98. The first-order valence-electron chi connectivity index (χ1n) is 14.6. The van der Waals surface area contributed by atoms with E-state index in [1.54, 1.807) is 13.2 Å². The molecule has 0 bridgehead atoms. The van der Waals surface area contributed by atoms with Gasteiger partial charge in [0.1, 0.15) is 5.75 Å². The number of rotatable bonds is 15. The lowest BCUT2D eigenvalue weighted by molar-refractivity contribution is -0.141. The second kappa shape index (κ2) is 15.3. The lowest BCUT2D eigenvalue weighted by Crippen LogP contribution is -2.67. The third-order valence-electron chi connectivity index (χ3n) is 7.76. The van der Waals surface area contributed by atoms with Gasteiger partial charge in [-0.15, -0.1) is 0 Å². The van der Waals surface area contributed by atoms with Crippen LogP contribution in [0.4, 0.5) is 0 Å². The largest absolute Gasteiger partial charge is 0.497 e. The minimum absolute atomic E-state index is 0.135. The number of carboxylic acids is 1. The Morgan fingerprint density at radius 2 is 1.43 bits per heavy atom. The molecule has 0 unspecified atom stereocenters. The fraction of sp³-hybridized carbons (Fsp3) is 0.400. The highest BCUT2D eigenvalue weighted by Crippen LogP contribution is 2.37. The van der Waals surface area contributed by atoms with Crippen LogP contribution in [0, 0.1) is 11.8 Å². The number of hydrogen-bond donors (Lipinski definition) is 2. The predicted molar refractivity (Wildman–Crippen MR) is 171 cm³/mol. The number of benzene rings is 3. The van der Waals surface area contributed by atoms with Gasteiger partial charge in [-0.25, -0.2) is 0 Å². The molecule has 0 fully saturated rings. The molecular weight excluding hydrogens is 544 g/mol. The number of ether oxygens (including phenoxy) is 2. The van der Waals surface area contributed by atoms with Gasteiger partial charge in [-0.05, 0) is 33.1 Å². The van der Waals surface area contributed by atoms with Crippen molar-refractivity contribution in [3.8, 4) is 5.75 Å². The summed E-state index contributed by atoms with van der Waals surface area (Å²) in [6.07, 6.45) is 2.15. The molecule has 6 nitrogen and oxygen atoms in total. The molecule has 4 atom stereocenters. The molecule has 3 aromatic carbocycles. The molecule has 0 spiro atoms. The van der Waals surface area contributed by atoms with Crippen molar-refractivity contribution in [1.29, 1.82) is 0 Å². The Kier molecular flexibility index (Phi) is 12.1. The third kappa shape index (κ3) is 8.64. The van der Waals surface area contributed by atoms with Crippen LogP contribution >= 0.6 is 0 Å². The number of carbonyl (C=O) groups is 1. The van der Waals surface area contributed by atoms with E-state index in [2.05, 4.69) is 69.3 Å². The Balaban J connectivity index is 1.72. The fourth-order valence-corrected chi connectivity index (χ4v) is 9.88.